The van der Waals surface area contributed by atoms with Gasteiger partial charge in [-0.2, -0.15) is 0 Å². The summed E-state index contributed by atoms with van der Waals surface area (Å²) in [7, 11) is 1.34. The Bertz CT molecular complexity index is 1220. The molecule has 0 bridgehead atoms. The minimum Gasteiger partial charge on any atom is -0.493 e. The van der Waals surface area contributed by atoms with Crippen molar-refractivity contribution in [2.75, 3.05) is 7.11 Å². The molecule has 0 fully saturated rings. The molecule has 0 aliphatic rings. The Kier molecular flexibility index (Phi) is 8.89. The number of halogens is 2. The van der Waals surface area contributed by atoms with E-state index in [0.717, 1.165) is 6.92 Å². The standard InChI is InChI=1S/C27H26F2N2O6/c1-15(31-26(33)24-25(37-17(3)32)22(35-4)13-14-30-24)27(34)36-16(2)23(18-5-9-20(28)10-6-18)19-7-11-21(29)12-8-19/h5-16,23H,1-4H3,(H,31,33)/t15?,16-/m0/s1. The SMILES string of the molecule is COc1ccnc(C(=O)NC(C)C(=O)O[C@@H](C)C(c2ccc(F)cc2)c2ccc(F)cc2)c1OC(C)=O. The van der Waals surface area contributed by atoms with E-state index in [4.69, 9.17) is 14.2 Å². The van der Waals surface area contributed by atoms with Crippen molar-refractivity contribution in [1.82, 2.24) is 10.3 Å². The molecule has 1 N–H and O–H groups in total. The molecule has 0 radical (unpaired) electrons. The lowest BCUT2D eigenvalue weighted by Crippen LogP contribution is -2.41. The van der Waals surface area contributed by atoms with Gasteiger partial charge in [0.1, 0.15) is 23.8 Å². The van der Waals surface area contributed by atoms with E-state index < -0.39 is 47.5 Å². The Hall–Kier alpha value is -4.34. The van der Waals surface area contributed by atoms with Crippen LogP contribution in [-0.4, -0.2) is 42.1 Å². The quantitative estimate of drug-likeness (QED) is 0.429. The number of rotatable bonds is 9. The van der Waals surface area contributed by atoms with Crippen molar-refractivity contribution in [3.8, 4) is 11.5 Å². The minimum absolute atomic E-state index is 0.112. The number of ether oxygens (including phenoxy) is 3. The summed E-state index contributed by atoms with van der Waals surface area (Å²) in [6, 6.07) is 11.7. The minimum atomic E-state index is -1.12. The maximum absolute atomic E-state index is 13.5. The molecule has 8 nitrogen and oxygen atoms in total. The van der Waals surface area contributed by atoms with Gasteiger partial charge in [-0.25, -0.2) is 18.6 Å². The van der Waals surface area contributed by atoms with Crippen molar-refractivity contribution in [3.63, 3.8) is 0 Å². The fourth-order valence-corrected chi connectivity index (χ4v) is 3.75. The van der Waals surface area contributed by atoms with Crippen LogP contribution in [0.2, 0.25) is 0 Å². The third-order valence-corrected chi connectivity index (χ3v) is 5.48. The van der Waals surface area contributed by atoms with Gasteiger partial charge in [0.2, 0.25) is 5.75 Å². The molecule has 194 valence electrons. The first kappa shape index (κ1) is 27.3. The largest absolute Gasteiger partial charge is 0.493 e. The highest BCUT2D eigenvalue weighted by Gasteiger charge is 2.29. The first-order chi connectivity index (χ1) is 17.6. The van der Waals surface area contributed by atoms with Gasteiger partial charge in [-0.1, -0.05) is 24.3 Å². The van der Waals surface area contributed by atoms with Gasteiger partial charge in [0.25, 0.3) is 5.91 Å². The van der Waals surface area contributed by atoms with E-state index in [1.54, 1.807) is 31.2 Å². The van der Waals surface area contributed by atoms with Gasteiger partial charge >= 0.3 is 11.9 Å². The van der Waals surface area contributed by atoms with Gasteiger partial charge in [0.15, 0.2) is 11.4 Å². The van der Waals surface area contributed by atoms with Crippen molar-refractivity contribution < 1.29 is 37.4 Å². The normalized spacial score (nSPS) is 12.4. The maximum Gasteiger partial charge on any atom is 0.328 e. The van der Waals surface area contributed by atoms with Crippen molar-refractivity contribution >= 4 is 17.8 Å². The number of carbonyl (C=O) groups is 3. The van der Waals surface area contributed by atoms with Crippen LogP contribution in [0, 0.1) is 11.6 Å². The first-order valence-electron chi connectivity index (χ1n) is 11.3. The summed E-state index contributed by atoms with van der Waals surface area (Å²) in [5.41, 5.74) is 1.05. The van der Waals surface area contributed by atoms with E-state index in [9.17, 15) is 23.2 Å². The summed E-state index contributed by atoms with van der Waals surface area (Å²) in [5.74, 6) is -3.70. The van der Waals surface area contributed by atoms with Gasteiger partial charge in [-0.05, 0) is 49.2 Å². The Balaban J connectivity index is 1.78. The molecule has 3 aromatic rings. The number of carbonyl (C=O) groups excluding carboxylic acids is 3. The zero-order valence-electron chi connectivity index (χ0n) is 20.7. The summed E-state index contributed by atoms with van der Waals surface area (Å²) in [5, 5.41) is 2.48. The van der Waals surface area contributed by atoms with Crippen molar-refractivity contribution in [2.45, 2.75) is 38.8 Å². The molecule has 0 aliphatic heterocycles. The highest BCUT2D eigenvalue weighted by Crippen LogP contribution is 2.31. The molecular weight excluding hydrogens is 486 g/mol. The van der Waals surface area contributed by atoms with E-state index in [-0.39, 0.29) is 17.2 Å². The van der Waals surface area contributed by atoms with Gasteiger partial charge in [-0.3, -0.25) is 9.59 Å². The summed E-state index contributed by atoms with van der Waals surface area (Å²) < 4.78 is 42.9. The number of benzene rings is 2. The van der Waals surface area contributed by atoms with Crippen LogP contribution in [0.1, 0.15) is 48.3 Å². The fourth-order valence-electron chi connectivity index (χ4n) is 3.75. The second kappa shape index (κ2) is 12.1. The van der Waals surface area contributed by atoms with Crippen LogP contribution in [0.15, 0.2) is 60.8 Å². The van der Waals surface area contributed by atoms with Gasteiger partial charge in [0.05, 0.1) is 7.11 Å². The molecule has 2 aromatic carbocycles. The summed E-state index contributed by atoms with van der Waals surface area (Å²) in [6.45, 7) is 4.23. The monoisotopic (exact) mass is 512 g/mol. The lowest BCUT2D eigenvalue weighted by molar-refractivity contribution is -0.150. The lowest BCUT2D eigenvalue weighted by Gasteiger charge is -2.26. The number of methoxy groups -OCH3 is 1. The average Bonchev–Trinajstić information content (AvgIpc) is 2.86. The van der Waals surface area contributed by atoms with E-state index >= 15 is 0 Å². The van der Waals surface area contributed by atoms with Crippen LogP contribution >= 0.6 is 0 Å². The van der Waals surface area contributed by atoms with E-state index in [0.29, 0.717) is 11.1 Å². The average molecular weight is 513 g/mol. The predicted octanol–water partition coefficient (Wildman–Crippen LogP) is 4.18. The maximum atomic E-state index is 13.5. The van der Waals surface area contributed by atoms with Crippen LogP contribution in [-0.2, 0) is 14.3 Å². The Morgan fingerprint density at radius 3 is 1.92 bits per heavy atom. The third kappa shape index (κ3) is 6.87. The number of hydrogen-bond donors (Lipinski definition) is 1. The first-order valence-corrected chi connectivity index (χ1v) is 11.3. The highest BCUT2D eigenvalue weighted by atomic mass is 19.1. The molecule has 1 unspecified atom stereocenters. The molecule has 0 aliphatic carbocycles. The molecule has 1 amide bonds. The van der Waals surface area contributed by atoms with Crippen molar-refractivity contribution in [1.29, 1.82) is 0 Å². The topological polar surface area (TPSA) is 104 Å². The highest BCUT2D eigenvalue weighted by molar-refractivity contribution is 5.98. The van der Waals surface area contributed by atoms with Crippen molar-refractivity contribution in [3.05, 3.63) is 89.2 Å². The summed E-state index contributed by atoms with van der Waals surface area (Å²) in [4.78, 5) is 41.2. The second-order valence-corrected chi connectivity index (χ2v) is 8.20. The molecule has 0 saturated carbocycles. The zero-order valence-corrected chi connectivity index (χ0v) is 20.7. The van der Waals surface area contributed by atoms with Gasteiger partial charge < -0.3 is 19.5 Å². The van der Waals surface area contributed by atoms with Crippen LogP contribution in [0.5, 0.6) is 11.5 Å². The van der Waals surface area contributed by atoms with Crippen LogP contribution in [0.25, 0.3) is 0 Å². The number of pyridine rings is 1. The molecule has 1 aromatic heterocycles. The van der Waals surface area contributed by atoms with E-state index in [1.807, 2.05) is 0 Å². The van der Waals surface area contributed by atoms with Gasteiger partial charge in [0, 0.05) is 25.1 Å². The van der Waals surface area contributed by atoms with Crippen LogP contribution in [0.3, 0.4) is 0 Å². The van der Waals surface area contributed by atoms with E-state index in [2.05, 4.69) is 10.3 Å². The number of nitrogens with zero attached hydrogens (tertiary/aromatic N) is 1. The molecule has 10 heteroatoms. The number of esters is 2. The van der Waals surface area contributed by atoms with Gasteiger partial charge in [-0.15, -0.1) is 0 Å². The molecule has 3 rings (SSSR count). The summed E-state index contributed by atoms with van der Waals surface area (Å²) in [6.07, 6.45) is 0.524. The Labute approximate surface area is 212 Å². The second-order valence-electron chi connectivity index (χ2n) is 8.20. The lowest BCUT2D eigenvalue weighted by atomic mass is 9.87. The zero-order chi connectivity index (χ0) is 27.1. The molecular formula is C27H26F2N2O6. The molecule has 1 heterocycles. The number of nitrogens with one attached hydrogen (secondary N) is 1. The van der Waals surface area contributed by atoms with Crippen LogP contribution in [0.4, 0.5) is 8.78 Å². The molecule has 2 atom stereocenters. The predicted molar refractivity (Wildman–Crippen MR) is 129 cm³/mol. The molecule has 0 saturated heterocycles. The number of aromatic nitrogens is 1. The molecule has 37 heavy (non-hydrogen) atoms. The molecule has 0 spiro atoms. The fraction of sp³-hybridized carbons (Fsp3) is 0.259. The van der Waals surface area contributed by atoms with E-state index in [1.165, 1.54) is 50.6 Å². The smallest absolute Gasteiger partial charge is 0.328 e. The Morgan fingerprint density at radius 1 is 0.892 bits per heavy atom. The number of amides is 1. The van der Waals surface area contributed by atoms with Crippen LogP contribution < -0.4 is 14.8 Å². The Morgan fingerprint density at radius 2 is 1.43 bits per heavy atom. The summed E-state index contributed by atoms with van der Waals surface area (Å²) >= 11 is 0. The van der Waals surface area contributed by atoms with Crippen molar-refractivity contribution in [2.24, 2.45) is 0 Å². The third-order valence-electron chi connectivity index (χ3n) is 5.48. The number of hydrogen-bond acceptors (Lipinski definition) is 7.